The van der Waals surface area contributed by atoms with Crippen molar-refractivity contribution in [3.63, 3.8) is 0 Å². The predicted octanol–water partition coefficient (Wildman–Crippen LogP) is 5.47. The van der Waals surface area contributed by atoms with E-state index in [4.69, 9.17) is 4.98 Å². The summed E-state index contributed by atoms with van der Waals surface area (Å²) in [6.45, 7) is 8.52. The Morgan fingerprint density at radius 3 is 2.45 bits per heavy atom. The van der Waals surface area contributed by atoms with Crippen LogP contribution < -0.4 is 5.32 Å². The third kappa shape index (κ3) is 2.57. The van der Waals surface area contributed by atoms with E-state index in [1.165, 1.54) is 27.8 Å². The summed E-state index contributed by atoms with van der Waals surface area (Å²) < 4.78 is 0. The molecule has 3 aromatic rings. The number of nitrogens with one attached hydrogen (secondary N) is 1. The van der Waals surface area contributed by atoms with Crippen LogP contribution in [0.4, 0.5) is 11.4 Å². The summed E-state index contributed by atoms with van der Waals surface area (Å²) in [5, 5.41) is 4.84. The Kier molecular flexibility index (Phi) is 3.84. The number of pyridine rings is 1. The zero-order chi connectivity index (χ0) is 15.7. The number of anilines is 2. The van der Waals surface area contributed by atoms with Gasteiger partial charge >= 0.3 is 0 Å². The maximum absolute atomic E-state index is 4.70. The van der Waals surface area contributed by atoms with Gasteiger partial charge < -0.3 is 5.32 Å². The molecule has 0 amide bonds. The van der Waals surface area contributed by atoms with E-state index in [1.807, 2.05) is 0 Å². The van der Waals surface area contributed by atoms with Crippen molar-refractivity contribution in [2.45, 2.75) is 34.1 Å². The maximum atomic E-state index is 4.70. The number of fused-ring (bicyclic) bond motifs is 1. The molecule has 2 aromatic carbocycles. The molecule has 0 fully saturated rings. The van der Waals surface area contributed by atoms with Gasteiger partial charge in [-0.05, 0) is 49.9 Å². The van der Waals surface area contributed by atoms with E-state index in [9.17, 15) is 0 Å². The van der Waals surface area contributed by atoms with Crippen LogP contribution >= 0.6 is 0 Å². The summed E-state index contributed by atoms with van der Waals surface area (Å²) in [5.41, 5.74) is 8.30. The van der Waals surface area contributed by atoms with Gasteiger partial charge in [-0.25, -0.2) is 0 Å². The number of nitrogens with zero attached hydrogens (tertiary/aromatic N) is 1. The van der Waals surface area contributed by atoms with Crippen molar-refractivity contribution in [3.05, 3.63) is 64.8 Å². The average Bonchev–Trinajstić information content (AvgIpc) is 2.50. The van der Waals surface area contributed by atoms with Gasteiger partial charge in [0.05, 0.1) is 5.52 Å². The van der Waals surface area contributed by atoms with Gasteiger partial charge in [0.2, 0.25) is 0 Å². The number of aryl methyl sites for hydroxylation is 4. The lowest BCUT2D eigenvalue weighted by Crippen LogP contribution is -2.00. The Hall–Kier alpha value is -2.35. The minimum absolute atomic E-state index is 1.02. The molecule has 0 saturated heterocycles. The molecule has 0 spiro atoms. The van der Waals surface area contributed by atoms with E-state index in [0.29, 0.717) is 0 Å². The summed E-state index contributed by atoms with van der Waals surface area (Å²) in [6.07, 6.45) is 1.02. The second kappa shape index (κ2) is 5.80. The Morgan fingerprint density at radius 1 is 0.955 bits per heavy atom. The normalized spacial score (nSPS) is 10.9. The molecule has 0 saturated carbocycles. The van der Waals surface area contributed by atoms with Crippen LogP contribution in [0.2, 0.25) is 0 Å². The van der Waals surface area contributed by atoms with Crippen molar-refractivity contribution in [2.24, 2.45) is 0 Å². The zero-order valence-electron chi connectivity index (χ0n) is 13.7. The van der Waals surface area contributed by atoms with Crippen LogP contribution in [0.15, 0.2) is 42.5 Å². The third-order valence-corrected chi connectivity index (χ3v) is 4.17. The first kappa shape index (κ1) is 14.6. The van der Waals surface area contributed by atoms with E-state index in [1.54, 1.807) is 0 Å². The minimum atomic E-state index is 1.02. The molecule has 0 aliphatic carbocycles. The lowest BCUT2D eigenvalue weighted by atomic mass is 10.0. The Balaban J connectivity index is 2.18. The molecule has 2 nitrogen and oxygen atoms in total. The summed E-state index contributed by atoms with van der Waals surface area (Å²) in [4.78, 5) is 4.70. The average molecular weight is 290 g/mol. The highest BCUT2D eigenvalue weighted by atomic mass is 14.9. The van der Waals surface area contributed by atoms with Crippen LogP contribution in [0.3, 0.4) is 0 Å². The molecule has 0 bridgehead atoms. The third-order valence-electron chi connectivity index (χ3n) is 4.17. The number of hydrogen-bond acceptors (Lipinski definition) is 2. The van der Waals surface area contributed by atoms with Crippen LogP contribution in [0, 0.1) is 20.8 Å². The van der Waals surface area contributed by atoms with Gasteiger partial charge in [-0.1, -0.05) is 43.3 Å². The number of benzene rings is 2. The lowest BCUT2D eigenvalue weighted by molar-refractivity contribution is 1.13. The van der Waals surface area contributed by atoms with Crippen molar-refractivity contribution in [3.8, 4) is 0 Å². The monoisotopic (exact) mass is 290 g/mol. The fourth-order valence-corrected chi connectivity index (χ4v) is 2.96. The van der Waals surface area contributed by atoms with Crippen LogP contribution in [-0.4, -0.2) is 4.98 Å². The van der Waals surface area contributed by atoms with Crippen molar-refractivity contribution >= 4 is 22.3 Å². The van der Waals surface area contributed by atoms with Gasteiger partial charge in [-0.3, -0.25) is 4.98 Å². The maximum Gasteiger partial charge on any atom is 0.0755 e. The smallest absolute Gasteiger partial charge is 0.0755 e. The van der Waals surface area contributed by atoms with Gasteiger partial charge in [0.15, 0.2) is 0 Å². The molecule has 0 radical (unpaired) electrons. The molecular weight excluding hydrogens is 268 g/mol. The van der Waals surface area contributed by atoms with E-state index in [-0.39, 0.29) is 0 Å². The van der Waals surface area contributed by atoms with Crippen LogP contribution in [0.1, 0.15) is 29.3 Å². The Morgan fingerprint density at radius 2 is 1.68 bits per heavy atom. The Bertz CT molecular complexity index is 834. The summed E-state index contributed by atoms with van der Waals surface area (Å²) in [5.74, 6) is 0. The largest absolute Gasteiger partial charge is 0.354 e. The lowest BCUT2D eigenvalue weighted by Gasteiger charge is -2.16. The number of hydrogen-bond donors (Lipinski definition) is 1. The molecule has 1 aromatic heterocycles. The fraction of sp³-hybridized carbons (Fsp3) is 0.250. The standard InChI is InChI=1S/C20H22N2/c1-5-16-10-6-8-13(2)19(16)22-18-12-15(4)21-20-14(3)9-7-11-17(18)20/h6-12H,5H2,1-4H3,(H,21,22). The Labute approximate surface area is 132 Å². The first-order valence-corrected chi connectivity index (χ1v) is 7.82. The first-order valence-electron chi connectivity index (χ1n) is 7.82. The van der Waals surface area contributed by atoms with Crippen molar-refractivity contribution < 1.29 is 0 Å². The van der Waals surface area contributed by atoms with Crippen molar-refractivity contribution in [1.29, 1.82) is 0 Å². The zero-order valence-corrected chi connectivity index (χ0v) is 13.7. The van der Waals surface area contributed by atoms with Crippen LogP contribution in [0.5, 0.6) is 0 Å². The predicted molar refractivity (Wildman–Crippen MR) is 95.1 cm³/mol. The highest BCUT2D eigenvalue weighted by Gasteiger charge is 2.09. The molecule has 1 heterocycles. The molecule has 112 valence electrons. The molecule has 22 heavy (non-hydrogen) atoms. The second-order valence-corrected chi connectivity index (χ2v) is 5.87. The van der Waals surface area contributed by atoms with Crippen LogP contribution in [0.25, 0.3) is 10.9 Å². The number of rotatable bonds is 3. The first-order chi connectivity index (χ1) is 10.6. The fourth-order valence-electron chi connectivity index (χ4n) is 2.96. The summed E-state index contributed by atoms with van der Waals surface area (Å²) >= 11 is 0. The van der Waals surface area contributed by atoms with Gasteiger partial charge in [0, 0.05) is 22.5 Å². The molecule has 0 unspecified atom stereocenters. The molecular formula is C20H22N2. The number of aromatic nitrogens is 1. The minimum Gasteiger partial charge on any atom is -0.354 e. The summed E-state index contributed by atoms with van der Waals surface area (Å²) in [7, 11) is 0. The molecule has 0 aliphatic rings. The quantitative estimate of drug-likeness (QED) is 0.692. The number of para-hydroxylation sites is 2. The highest BCUT2D eigenvalue weighted by Crippen LogP contribution is 2.31. The molecule has 0 aliphatic heterocycles. The van der Waals surface area contributed by atoms with Gasteiger partial charge in [-0.15, -0.1) is 0 Å². The van der Waals surface area contributed by atoms with Crippen LogP contribution in [-0.2, 0) is 6.42 Å². The van der Waals surface area contributed by atoms with E-state index in [2.05, 4.69) is 75.5 Å². The topological polar surface area (TPSA) is 24.9 Å². The van der Waals surface area contributed by atoms with Crippen molar-refractivity contribution in [1.82, 2.24) is 4.98 Å². The van der Waals surface area contributed by atoms with E-state index in [0.717, 1.165) is 23.3 Å². The molecule has 0 atom stereocenters. The second-order valence-electron chi connectivity index (χ2n) is 5.87. The van der Waals surface area contributed by atoms with Gasteiger partial charge in [0.25, 0.3) is 0 Å². The summed E-state index contributed by atoms with van der Waals surface area (Å²) in [6, 6.07) is 15.0. The van der Waals surface area contributed by atoms with Gasteiger partial charge in [0.1, 0.15) is 0 Å². The molecule has 2 heteroatoms. The highest BCUT2D eigenvalue weighted by molar-refractivity contribution is 5.95. The van der Waals surface area contributed by atoms with E-state index >= 15 is 0 Å². The molecule has 3 rings (SSSR count). The van der Waals surface area contributed by atoms with E-state index < -0.39 is 0 Å². The van der Waals surface area contributed by atoms with Gasteiger partial charge in [-0.2, -0.15) is 0 Å². The molecule has 1 N–H and O–H groups in total. The van der Waals surface area contributed by atoms with Crippen molar-refractivity contribution in [2.75, 3.05) is 5.32 Å². The SMILES string of the molecule is CCc1cccc(C)c1Nc1cc(C)nc2c(C)cccc12.